The molecule has 7 heteroatoms. The molecule has 1 amide bonds. The quantitative estimate of drug-likeness (QED) is 0.821. The number of amides is 1. The molecule has 0 spiro atoms. The second kappa shape index (κ2) is 9.55. The Morgan fingerprint density at radius 3 is 2.56 bits per heavy atom. The van der Waals surface area contributed by atoms with Crippen molar-refractivity contribution in [1.82, 2.24) is 15.3 Å². The number of ether oxygens (including phenoxy) is 1. The Hall–Kier alpha value is -2.34. The van der Waals surface area contributed by atoms with Gasteiger partial charge in [0.2, 0.25) is 11.9 Å². The number of anilines is 1. The topological polar surface area (TPSA) is 67.3 Å². The van der Waals surface area contributed by atoms with Gasteiger partial charge in [0.25, 0.3) is 0 Å². The molecule has 1 fully saturated rings. The lowest BCUT2D eigenvalue weighted by Gasteiger charge is -2.42. The fourth-order valence-electron chi connectivity index (χ4n) is 3.68. The van der Waals surface area contributed by atoms with Gasteiger partial charge in [-0.2, -0.15) is 0 Å². The van der Waals surface area contributed by atoms with Crippen LogP contribution in [0.4, 0.5) is 5.95 Å². The van der Waals surface area contributed by atoms with Crippen LogP contribution in [-0.4, -0.2) is 42.6 Å². The van der Waals surface area contributed by atoms with Crippen molar-refractivity contribution in [3.8, 4) is 5.75 Å². The monoisotopic (exact) mass is 390 g/mol. The van der Waals surface area contributed by atoms with Crippen molar-refractivity contribution in [2.75, 3.05) is 31.6 Å². The van der Waals surface area contributed by atoms with E-state index in [2.05, 4.69) is 32.3 Å². The van der Waals surface area contributed by atoms with E-state index in [1.165, 1.54) is 0 Å². The molecule has 1 aromatic heterocycles. The molecule has 0 atom stereocenters. The van der Waals surface area contributed by atoms with Crippen molar-refractivity contribution >= 4 is 24.3 Å². The van der Waals surface area contributed by atoms with Gasteiger partial charge in [0.1, 0.15) is 5.75 Å². The minimum Gasteiger partial charge on any atom is -0.497 e. The highest BCUT2D eigenvalue weighted by atomic mass is 35.5. The van der Waals surface area contributed by atoms with E-state index in [4.69, 9.17) is 4.74 Å². The Kier molecular flexibility index (Phi) is 7.42. The predicted molar refractivity (Wildman–Crippen MR) is 109 cm³/mol. The molecule has 0 saturated carbocycles. The molecule has 1 saturated heterocycles. The second-order valence-electron chi connectivity index (χ2n) is 6.68. The standard InChI is InChI=1S/C20H26N4O2.ClH/c1-3-21-18(25)15-20(16-6-4-7-17(14-16)26-2)8-12-24(13-9-20)19-22-10-5-11-23-19;/h4-7,10-11,14H,3,8-9,12-13,15H2,1-2H3,(H,21,25);1H. The highest BCUT2D eigenvalue weighted by Crippen LogP contribution is 2.40. The van der Waals surface area contributed by atoms with E-state index in [0.29, 0.717) is 13.0 Å². The van der Waals surface area contributed by atoms with E-state index in [0.717, 1.165) is 43.2 Å². The van der Waals surface area contributed by atoms with E-state index >= 15 is 0 Å². The molecule has 6 nitrogen and oxygen atoms in total. The molecule has 146 valence electrons. The zero-order valence-electron chi connectivity index (χ0n) is 15.9. The van der Waals surface area contributed by atoms with Crippen LogP contribution in [0.15, 0.2) is 42.7 Å². The van der Waals surface area contributed by atoms with Crippen molar-refractivity contribution < 1.29 is 9.53 Å². The number of carbonyl (C=O) groups excluding carboxylic acids is 1. The Morgan fingerprint density at radius 1 is 1.22 bits per heavy atom. The number of hydrogen-bond donors (Lipinski definition) is 1. The molecular formula is C20H27ClN4O2. The summed E-state index contributed by atoms with van der Waals surface area (Å²) in [6.07, 6.45) is 5.75. The molecule has 1 aliphatic heterocycles. The van der Waals surface area contributed by atoms with Gasteiger partial charge in [-0.1, -0.05) is 12.1 Å². The minimum atomic E-state index is -0.195. The third kappa shape index (κ3) is 4.89. The first kappa shape index (κ1) is 21.0. The normalized spacial score (nSPS) is 15.6. The van der Waals surface area contributed by atoms with Gasteiger partial charge in [0.05, 0.1) is 7.11 Å². The van der Waals surface area contributed by atoms with Crippen molar-refractivity contribution in [1.29, 1.82) is 0 Å². The Labute approximate surface area is 166 Å². The minimum absolute atomic E-state index is 0. The molecule has 27 heavy (non-hydrogen) atoms. The second-order valence-corrected chi connectivity index (χ2v) is 6.68. The average molecular weight is 391 g/mol. The molecule has 0 radical (unpaired) electrons. The van der Waals surface area contributed by atoms with Gasteiger partial charge in [-0.15, -0.1) is 12.4 Å². The molecular weight excluding hydrogens is 364 g/mol. The number of methoxy groups -OCH3 is 1. The molecule has 1 N–H and O–H groups in total. The number of carbonyl (C=O) groups is 1. The molecule has 2 heterocycles. The molecule has 2 aromatic rings. The number of aromatic nitrogens is 2. The zero-order chi connectivity index (χ0) is 18.4. The first-order valence-electron chi connectivity index (χ1n) is 9.10. The maximum Gasteiger partial charge on any atom is 0.225 e. The first-order chi connectivity index (χ1) is 12.7. The molecule has 0 bridgehead atoms. The van der Waals surface area contributed by atoms with E-state index in [1.54, 1.807) is 19.5 Å². The number of rotatable bonds is 6. The van der Waals surface area contributed by atoms with E-state index < -0.39 is 0 Å². The van der Waals surface area contributed by atoms with Gasteiger partial charge in [-0.05, 0) is 43.5 Å². The van der Waals surface area contributed by atoms with Crippen molar-refractivity contribution in [2.24, 2.45) is 0 Å². The van der Waals surface area contributed by atoms with Crippen LogP contribution in [0, 0.1) is 0 Å². The van der Waals surface area contributed by atoms with Crippen LogP contribution >= 0.6 is 12.4 Å². The smallest absolute Gasteiger partial charge is 0.225 e. The molecule has 1 aliphatic rings. The fraction of sp³-hybridized carbons (Fsp3) is 0.450. The lowest BCUT2D eigenvalue weighted by atomic mass is 9.70. The summed E-state index contributed by atoms with van der Waals surface area (Å²) in [6, 6.07) is 9.93. The number of nitrogens with one attached hydrogen (secondary N) is 1. The molecule has 1 aromatic carbocycles. The maximum absolute atomic E-state index is 12.4. The summed E-state index contributed by atoms with van der Waals surface area (Å²) >= 11 is 0. The SMILES string of the molecule is CCNC(=O)CC1(c2cccc(OC)c2)CCN(c2ncccn2)CC1.Cl. The average Bonchev–Trinajstić information content (AvgIpc) is 2.69. The number of hydrogen-bond acceptors (Lipinski definition) is 5. The largest absolute Gasteiger partial charge is 0.497 e. The van der Waals surface area contributed by atoms with Gasteiger partial charge in [0.15, 0.2) is 0 Å². The number of halogens is 1. The lowest BCUT2D eigenvalue weighted by Crippen LogP contribution is -2.45. The summed E-state index contributed by atoms with van der Waals surface area (Å²) in [5.74, 6) is 1.68. The number of nitrogens with zero attached hydrogens (tertiary/aromatic N) is 3. The zero-order valence-corrected chi connectivity index (χ0v) is 16.7. The number of piperidine rings is 1. The predicted octanol–water partition coefficient (Wildman–Crippen LogP) is 2.97. The van der Waals surface area contributed by atoms with E-state index in [9.17, 15) is 4.79 Å². The Bertz CT molecular complexity index is 734. The van der Waals surface area contributed by atoms with Crippen molar-refractivity contribution in [2.45, 2.75) is 31.6 Å². The highest BCUT2D eigenvalue weighted by Gasteiger charge is 2.38. The summed E-state index contributed by atoms with van der Waals surface area (Å²) in [6.45, 7) is 4.24. The highest BCUT2D eigenvalue weighted by molar-refractivity contribution is 5.85. The molecule has 0 aliphatic carbocycles. The van der Waals surface area contributed by atoms with Crippen LogP contribution in [0.2, 0.25) is 0 Å². The van der Waals surface area contributed by atoms with Crippen molar-refractivity contribution in [3.05, 3.63) is 48.3 Å². The van der Waals surface area contributed by atoms with Crippen molar-refractivity contribution in [3.63, 3.8) is 0 Å². The van der Waals surface area contributed by atoms with Crippen LogP contribution in [0.5, 0.6) is 5.75 Å². The third-order valence-corrected chi connectivity index (χ3v) is 5.11. The Morgan fingerprint density at radius 2 is 1.93 bits per heavy atom. The first-order valence-corrected chi connectivity index (χ1v) is 9.10. The van der Waals surface area contributed by atoms with E-state index in [1.807, 2.05) is 25.1 Å². The third-order valence-electron chi connectivity index (χ3n) is 5.11. The van der Waals surface area contributed by atoms with Crippen LogP contribution in [-0.2, 0) is 10.2 Å². The van der Waals surface area contributed by atoms with Crippen LogP contribution in [0.25, 0.3) is 0 Å². The van der Waals surface area contributed by atoms with Gasteiger partial charge >= 0.3 is 0 Å². The molecule has 3 rings (SSSR count). The van der Waals surface area contributed by atoms with Gasteiger partial charge in [-0.25, -0.2) is 9.97 Å². The maximum atomic E-state index is 12.4. The van der Waals surface area contributed by atoms with Crippen LogP contribution in [0.1, 0.15) is 31.7 Å². The molecule has 0 unspecified atom stereocenters. The van der Waals surface area contributed by atoms with E-state index in [-0.39, 0.29) is 23.7 Å². The van der Waals surface area contributed by atoms with Gasteiger partial charge < -0.3 is 15.0 Å². The van der Waals surface area contributed by atoms with Gasteiger partial charge in [0, 0.05) is 43.9 Å². The Balaban J connectivity index is 0.00000261. The van der Waals surface area contributed by atoms with Crippen LogP contribution < -0.4 is 15.0 Å². The van der Waals surface area contributed by atoms with Gasteiger partial charge in [-0.3, -0.25) is 4.79 Å². The fourth-order valence-corrected chi connectivity index (χ4v) is 3.68. The summed E-state index contributed by atoms with van der Waals surface area (Å²) in [7, 11) is 1.67. The number of benzene rings is 1. The van der Waals surface area contributed by atoms with Crippen LogP contribution in [0.3, 0.4) is 0 Å². The summed E-state index contributed by atoms with van der Waals surface area (Å²) < 4.78 is 5.40. The summed E-state index contributed by atoms with van der Waals surface area (Å²) in [5.41, 5.74) is 0.968. The summed E-state index contributed by atoms with van der Waals surface area (Å²) in [4.78, 5) is 23.3. The summed E-state index contributed by atoms with van der Waals surface area (Å²) in [5, 5.41) is 2.95. The lowest BCUT2D eigenvalue weighted by molar-refractivity contribution is -0.122.